The van der Waals surface area contributed by atoms with Crippen molar-refractivity contribution in [3.05, 3.63) is 64.8 Å². The zero-order valence-electron chi connectivity index (χ0n) is 11.7. The minimum absolute atomic E-state index is 0. The third-order valence-electron chi connectivity index (χ3n) is 3.94. The largest absolute Gasteiger partial charge is 3.00 e. The number of benzene rings is 1. The van der Waals surface area contributed by atoms with Gasteiger partial charge in [-0.1, -0.05) is 49.8 Å². The van der Waals surface area contributed by atoms with E-state index >= 15 is 0 Å². The van der Waals surface area contributed by atoms with Crippen molar-refractivity contribution in [2.45, 2.75) is 26.7 Å². The predicted octanol–water partition coefficient (Wildman–Crippen LogP) is -1.65. The van der Waals surface area contributed by atoms with Crippen molar-refractivity contribution in [3.8, 4) is 0 Å². The van der Waals surface area contributed by atoms with E-state index in [1.165, 1.54) is 22.3 Å². The van der Waals surface area contributed by atoms with Gasteiger partial charge in [0, 0.05) is 0 Å². The second kappa shape index (κ2) is 7.78. The molecule has 103 valence electrons. The van der Waals surface area contributed by atoms with Crippen LogP contribution in [0.2, 0.25) is 0 Å². The Hall–Kier alpha value is -0.0969. The summed E-state index contributed by atoms with van der Waals surface area (Å²) in [6, 6.07) is 8.69. The van der Waals surface area contributed by atoms with Gasteiger partial charge in [0.25, 0.3) is 0 Å². The second-order valence-electron chi connectivity index (χ2n) is 5.37. The van der Waals surface area contributed by atoms with Crippen molar-refractivity contribution >= 4 is 6.08 Å². The molecule has 1 aromatic carbocycles. The number of fused-ring (bicyclic) bond motifs is 1. The first-order valence-electron chi connectivity index (χ1n) is 6.25. The number of hydrogen-bond donors (Lipinski definition) is 0. The summed E-state index contributed by atoms with van der Waals surface area (Å²) in [7, 11) is 0. The van der Waals surface area contributed by atoms with E-state index in [9.17, 15) is 0 Å². The second-order valence-corrected chi connectivity index (χ2v) is 5.37. The van der Waals surface area contributed by atoms with Gasteiger partial charge in [0.15, 0.2) is 0 Å². The molecule has 0 aromatic heterocycles. The fourth-order valence-electron chi connectivity index (χ4n) is 2.69. The Morgan fingerprint density at radius 2 is 1.80 bits per heavy atom. The Morgan fingerprint density at radius 1 is 1.10 bits per heavy atom. The van der Waals surface area contributed by atoms with Gasteiger partial charge in [-0.3, -0.25) is 6.08 Å². The van der Waals surface area contributed by atoms with Crippen molar-refractivity contribution in [1.29, 1.82) is 0 Å². The van der Waals surface area contributed by atoms with Crippen molar-refractivity contribution in [1.82, 2.24) is 0 Å². The van der Waals surface area contributed by atoms with Gasteiger partial charge < -0.3 is 24.8 Å². The van der Waals surface area contributed by atoms with Gasteiger partial charge in [0.2, 0.25) is 0 Å². The molecule has 2 aliphatic carbocycles. The molecule has 0 N–H and O–H groups in total. The van der Waals surface area contributed by atoms with Gasteiger partial charge in [0.1, 0.15) is 0 Å². The SMILES string of the molecule is CC(C)(C1=[C-]CC=C1)C1=Cc2ccccc2C1.[Cl-].[Cl-].[Zr+3]. The molecule has 0 amide bonds. The van der Waals surface area contributed by atoms with Crippen LogP contribution in [0.3, 0.4) is 0 Å². The Bertz CT molecular complexity index is 554. The van der Waals surface area contributed by atoms with Crippen LogP contribution in [0, 0.1) is 11.5 Å². The van der Waals surface area contributed by atoms with Crippen LogP contribution in [0.1, 0.15) is 31.4 Å². The molecule has 0 heterocycles. The Balaban J connectivity index is 0.00000120. The summed E-state index contributed by atoms with van der Waals surface area (Å²) in [6.07, 6.45) is 12.3. The topological polar surface area (TPSA) is 0 Å². The van der Waals surface area contributed by atoms with Crippen LogP contribution in [0.25, 0.3) is 6.08 Å². The molecule has 0 unspecified atom stereocenters. The van der Waals surface area contributed by atoms with Crippen molar-refractivity contribution in [3.63, 3.8) is 0 Å². The number of allylic oxidation sites excluding steroid dienone is 5. The van der Waals surface area contributed by atoms with Gasteiger partial charge in [-0.15, -0.1) is 6.42 Å². The van der Waals surface area contributed by atoms with E-state index in [0.29, 0.717) is 0 Å². The molecule has 1 radical (unpaired) electrons. The fourth-order valence-corrected chi connectivity index (χ4v) is 2.69. The van der Waals surface area contributed by atoms with Gasteiger partial charge in [0.05, 0.1) is 0 Å². The average Bonchev–Trinajstić information content (AvgIpc) is 2.98. The van der Waals surface area contributed by atoms with Crippen LogP contribution in [0.4, 0.5) is 0 Å². The predicted molar refractivity (Wildman–Crippen MR) is 72.4 cm³/mol. The fraction of sp³-hybridized carbons (Fsp3) is 0.294. The van der Waals surface area contributed by atoms with E-state index in [0.717, 1.165) is 12.8 Å². The number of hydrogen-bond acceptors (Lipinski definition) is 0. The molecule has 2 aliphatic rings. The first kappa shape index (κ1) is 19.9. The van der Waals surface area contributed by atoms with E-state index in [1.807, 2.05) is 0 Å². The van der Waals surface area contributed by atoms with Gasteiger partial charge in [-0.05, 0) is 23.0 Å². The summed E-state index contributed by atoms with van der Waals surface area (Å²) in [4.78, 5) is 0. The van der Waals surface area contributed by atoms with Crippen LogP contribution in [-0.4, -0.2) is 0 Å². The van der Waals surface area contributed by atoms with Crippen molar-refractivity contribution in [2.24, 2.45) is 5.41 Å². The van der Waals surface area contributed by atoms with E-state index in [-0.39, 0.29) is 56.4 Å². The van der Waals surface area contributed by atoms with Crippen LogP contribution >= 0.6 is 0 Å². The quantitative estimate of drug-likeness (QED) is 0.537. The molecule has 0 bridgehead atoms. The minimum Gasteiger partial charge on any atom is -1.00 e. The standard InChI is InChI=1S/C17H17.2ClH.Zr/c1-17(2,15-9-5-6-10-15)16-11-13-7-3-4-8-14(13)12-16;;;/h3-5,7-9,11H,6,12H2,1-2H3;2*1H;/q-1;;;+3/p-2. The molecule has 20 heavy (non-hydrogen) atoms. The summed E-state index contributed by atoms with van der Waals surface area (Å²) in [5, 5.41) is 0. The van der Waals surface area contributed by atoms with E-state index in [4.69, 9.17) is 0 Å². The minimum atomic E-state index is 0. The van der Waals surface area contributed by atoms with E-state index < -0.39 is 0 Å². The first-order valence-corrected chi connectivity index (χ1v) is 6.25. The monoisotopic (exact) mass is 381 g/mol. The molecule has 3 heteroatoms. The zero-order chi connectivity index (χ0) is 11.9. The maximum atomic E-state index is 3.47. The molecule has 0 nitrogen and oxygen atoms in total. The summed E-state index contributed by atoms with van der Waals surface area (Å²) < 4.78 is 0. The maximum absolute atomic E-state index is 3.47. The van der Waals surface area contributed by atoms with Gasteiger partial charge in [-0.2, -0.15) is 6.08 Å². The molecular formula is C17H17Cl2Zr. The van der Waals surface area contributed by atoms with Crippen LogP contribution in [-0.2, 0) is 32.6 Å². The van der Waals surface area contributed by atoms with Crippen molar-refractivity contribution in [2.75, 3.05) is 0 Å². The van der Waals surface area contributed by atoms with Crippen molar-refractivity contribution < 1.29 is 51.0 Å². The Labute approximate surface area is 153 Å². The maximum Gasteiger partial charge on any atom is 3.00 e. The molecule has 0 spiro atoms. The average molecular weight is 383 g/mol. The third kappa shape index (κ3) is 3.56. The zero-order valence-corrected chi connectivity index (χ0v) is 15.7. The first-order chi connectivity index (χ1) is 8.18. The smallest absolute Gasteiger partial charge is 1.00 e. The number of halogens is 2. The molecule has 3 rings (SSSR count). The molecule has 0 atom stereocenters. The van der Waals surface area contributed by atoms with Gasteiger partial charge in [-0.25, -0.2) is 11.6 Å². The summed E-state index contributed by atoms with van der Waals surface area (Å²) in [5.41, 5.74) is 5.81. The summed E-state index contributed by atoms with van der Waals surface area (Å²) in [6.45, 7) is 4.62. The van der Waals surface area contributed by atoms with Gasteiger partial charge >= 0.3 is 26.2 Å². The molecule has 0 saturated carbocycles. The Morgan fingerprint density at radius 3 is 2.40 bits per heavy atom. The normalized spacial score (nSPS) is 15.3. The Kier molecular flexibility index (Phi) is 7.74. The molecule has 0 fully saturated rings. The third-order valence-corrected chi connectivity index (χ3v) is 3.94. The number of rotatable bonds is 2. The summed E-state index contributed by atoms with van der Waals surface area (Å²) >= 11 is 0. The van der Waals surface area contributed by atoms with Crippen LogP contribution in [0.15, 0.2) is 47.6 Å². The molecule has 0 saturated heterocycles. The van der Waals surface area contributed by atoms with Crippen LogP contribution < -0.4 is 24.8 Å². The molecular weight excluding hydrogens is 366 g/mol. The van der Waals surface area contributed by atoms with E-state index in [2.05, 4.69) is 62.4 Å². The summed E-state index contributed by atoms with van der Waals surface area (Å²) in [5.74, 6) is 0. The van der Waals surface area contributed by atoms with E-state index in [1.54, 1.807) is 0 Å². The molecule has 0 aliphatic heterocycles. The van der Waals surface area contributed by atoms with Crippen LogP contribution in [0.5, 0.6) is 0 Å². The molecule has 1 aromatic rings.